The monoisotopic (exact) mass is 378 g/mol. The van der Waals surface area contributed by atoms with E-state index in [1.54, 1.807) is 19.2 Å². The lowest BCUT2D eigenvalue weighted by Crippen LogP contribution is -2.19. The van der Waals surface area contributed by atoms with Gasteiger partial charge >= 0.3 is 0 Å². The summed E-state index contributed by atoms with van der Waals surface area (Å²) in [7, 11) is 3.71. The van der Waals surface area contributed by atoms with Crippen LogP contribution in [-0.2, 0) is 6.54 Å². The first-order valence-corrected chi connectivity index (χ1v) is 9.42. The van der Waals surface area contributed by atoms with E-state index in [0.29, 0.717) is 17.1 Å². The number of amides is 1. The van der Waals surface area contributed by atoms with Crippen molar-refractivity contribution in [3.05, 3.63) is 66.0 Å². The van der Waals surface area contributed by atoms with Crippen LogP contribution in [0.25, 0.3) is 11.1 Å². The Morgan fingerprint density at radius 3 is 2.64 bits per heavy atom. The summed E-state index contributed by atoms with van der Waals surface area (Å²) in [5, 5.41) is 9.95. The molecule has 3 rings (SSSR count). The number of benzene rings is 2. The van der Waals surface area contributed by atoms with E-state index >= 15 is 0 Å². The number of hydrogen-bond acceptors (Lipinski definition) is 4. The van der Waals surface area contributed by atoms with Gasteiger partial charge in [0.15, 0.2) is 0 Å². The third-order valence-electron chi connectivity index (χ3n) is 4.50. The molecule has 1 heterocycles. The average molecular weight is 378 g/mol. The third kappa shape index (κ3) is 4.58. The summed E-state index contributed by atoms with van der Waals surface area (Å²) in [6, 6.07) is 15.0. The van der Waals surface area contributed by atoms with Crippen LogP contribution in [0, 0.1) is 0 Å². The molecule has 3 aromatic rings. The van der Waals surface area contributed by atoms with Crippen molar-refractivity contribution in [2.24, 2.45) is 0 Å². The van der Waals surface area contributed by atoms with Crippen LogP contribution in [0.4, 0.5) is 0 Å². The molecule has 0 atom stereocenters. The van der Waals surface area contributed by atoms with E-state index in [-0.39, 0.29) is 5.91 Å². The van der Waals surface area contributed by atoms with Crippen LogP contribution in [0.3, 0.4) is 0 Å². The van der Waals surface area contributed by atoms with Gasteiger partial charge in [-0.3, -0.25) is 9.89 Å². The van der Waals surface area contributed by atoms with Crippen LogP contribution >= 0.6 is 0 Å². The molecule has 0 saturated heterocycles. The highest BCUT2D eigenvalue weighted by molar-refractivity contribution is 5.96. The first-order valence-electron chi connectivity index (χ1n) is 9.42. The molecule has 0 unspecified atom stereocenters. The van der Waals surface area contributed by atoms with Crippen LogP contribution in [-0.4, -0.2) is 41.6 Å². The zero-order chi connectivity index (χ0) is 19.9. The van der Waals surface area contributed by atoms with Crippen molar-refractivity contribution < 1.29 is 9.53 Å². The number of carbonyl (C=O) groups is 1. The number of H-pyrrole nitrogens is 1. The van der Waals surface area contributed by atoms with Gasteiger partial charge in [0.25, 0.3) is 5.91 Å². The molecule has 2 N–H and O–H groups in total. The van der Waals surface area contributed by atoms with Crippen molar-refractivity contribution in [1.29, 1.82) is 0 Å². The largest absolute Gasteiger partial charge is 0.457 e. The van der Waals surface area contributed by atoms with Gasteiger partial charge in [0.1, 0.15) is 11.5 Å². The second kappa shape index (κ2) is 9.19. The Morgan fingerprint density at radius 1 is 1.18 bits per heavy atom. The topological polar surface area (TPSA) is 70.2 Å². The van der Waals surface area contributed by atoms with Crippen LogP contribution in [0.15, 0.2) is 54.7 Å². The molecule has 0 aliphatic carbocycles. The van der Waals surface area contributed by atoms with Gasteiger partial charge in [-0.2, -0.15) is 5.10 Å². The molecule has 6 nitrogen and oxygen atoms in total. The molecule has 1 aromatic heterocycles. The van der Waals surface area contributed by atoms with Crippen molar-refractivity contribution in [2.75, 3.05) is 20.6 Å². The number of hydrogen-bond donors (Lipinski definition) is 2. The highest BCUT2D eigenvalue weighted by Gasteiger charge is 2.12. The number of rotatable bonds is 8. The molecular formula is C22H26N4O2. The second-order valence-corrected chi connectivity index (χ2v) is 6.70. The van der Waals surface area contributed by atoms with E-state index in [2.05, 4.69) is 34.4 Å². The first kappa shape index (κ1) is 19.6. The second-order valence-electron chi connectivity index (χ2n) is 6.70. The van der Waals surface area contributed by atoms with Gasteiger partial charge in [0, 0.05) is 19.2 Å². The zero-order valence-corrected chi connectivity index (χ0v) is 16.5. The van der Waals surface area contributed by atoms with Crippen molar-refractivity contribution in [2.45, 2.75) is 19.9 Å². The van der Waals surface area contributed by atoms with Gasteiger partial charge in [-0.1, -0.05) is 31.2 Å². The fourth-order valence-corrected chi connectivity index (χ4v) is 3.12. The van der Waals surface area contributed by atoms with Gasteiger partial charge in [0.05, 0.1) is 17.5 Å². The lowest BCUT2D eigenvalue weighted by molar-refractivity contribution is 0.0961. The molecule has 0 aliphatic rings. The summed E-state index contributed by atoms with van der Waals surface area (Å²) >= 11 is 0. The standard InChI is InChI=1S/C22H26N4O2/c1-4-13-26(3)15-20-19(14-24-25-20)16-9-11-17(12-10-16)28-21-8-6-5-7-18(21)22(27)23-2/h5-12,14H,4,13,15H2,1-3H3,(H,23,27)(H,24,25). The Hall–Kier alpha value is -3.12. The molecule has 0 saturated carbocycles. The van der Waals surface area contributed by atoms with Gasteiger partial charge in [-0.25, -0.2) is 0 Å². The molecule has 0 spiro atoms. The Labute approximate surface area is 165 Å². The van der Waals surface area contributed by atoms with E-state index in [0.717, 1.165) is 36.3 Å². The Balaban J connectivity index is 1.77. The number of ether oxygens (including phenoxy) is 1. The van der Waals surface area contributed by atoms with E-state index < -0.39 is 0 Å². The predicted octanol–water partition coefficient (Wildman–Crippen LogP) is 4.07. The predicted molar refractivity (Wildman–Crippen MR) is 111 cm³/mol. The Morgan fingerprint density at radius 2 is 1.93 bits per heavy atom. The van der Waals surface area contributed by atoms with Gasteiger partial charge in [0.2, 0.25) is 0 Å². The van der Waals surface area contributed by atoms with E-state index in [9.17, 15) is 4.79 Å². The Kier molecular flexibility index (Phi) is 6.45. The summed E-state index contributed by atoms with van der Waals surface area (Å²) in [6.45, 7) is 4.03. The van der Waals surface area contributed by atoms with E-state index in [1.807, 2.05) is 42.6 Å². The van der Waals surface area contributed by atoms with Crippen molar-refractivity contribution in [1.82, 2.24) is 20.4 Å². The highest BCUT2D eigenvalue weighted by Crippen LogP contribution is 2.29. The summed E-state index contributed by atoms with van der Waals surface area (Å²) in [4.78, 5) is 14.3. The summed E-state index contributed by atoms with van der Waals surface area (Å²) in [6.07, 6.45) is 2.97. The molecule has 2 aromatic carbocycles. The molecule has 28 heavy (non-hydrogen) atoms. The maximum absolute atomic E-state index is 12.0. The fourth-order valence-electron chi connectivity index (χ4n) is 3.12. The smallest absolute Gasteiger partial charge is 0.254 e. The van der Waals surface area contributed by atoms with Crippen molar-refractivity contribution >= 4 is 5.91 Å². The molecular weight excluding hydrogens is 352 g/mol. The zero-order valence-electron chi connectivity index (χ0n) is 16.5. The SMILES string of the molecule is CCCN(C)Cc1[nH]ncc1-c1ccc(Oc2ccccc2C(=O)NC)cc1. The molecule has 0 radical (unpaired) electrons. The summed E-state index contributed by atoms with van der Waals surface area (Å²) < 4.78 is 5.94. The quantitative estimate of drug-likeness (QED) is 0.620. The lowest BCUT2D eigenvalue weighted by atomic mass is 10.1. The highest BCUT2D eigenvalue weighted by atomic mass is 16.5. The van der Waals surface area contributed by atoms with E-state index in [1.165, 1.54) is 0 Å². The van der Waals surface area contributed by atoms with Crippen LogP contribution in [0.2, 0.25) is 0 Å². The molecule has 1 amide bonds. The first-order chi connectivity index (χ1) is 13.6. The van der Waals surface area contributed by atoms with Crippen LogP contribution < -0.4 is 10.1 Å². The van der Waals surface area contributed by atoms with Crippen molar-refractivity contribution in [3.8, 4) is 22.6 Å². The number of aromatic amines is 1. The summed E-state index contributed by atoms with van der Waals surface area (Å²) in [5.41, 5.74) is 3.75. The number of nitrogens with zero attached hydrogens (tertiary/aromatic N) is 2. The Bertz CT molecular complexity index is 918. The average Bonchev–Trinajstić information content (AvgIpc) is 3.16. The van der Waals surface area contributed by atoms with Crippen molar-refractivity contribution in [3.63, 3.8) is 0 Å². The minimum absolute atomic E-state index is 0.175. The number of aromatic nitrogens is 2. The van der Waals surface area contributed by atoms with Gasteiger partial charge < -0.3 is 15.0 Å². The van der Waals surface area contributed by atoms with E-state index in [4.69, 9.17) is 4.74 Å². The molecule has 146 valence electrons. The molecule has 0 fully saturated rings. The maximum atomic E-state index is 12.0. The van der Waals surface area contributed by atoms with Crippen LogP contribution in [0.5, 0.6) is 11.5 Å². The van der Waals surface area contributed by atoms with Gasteiger partial charge in [-0.05, 0) is 49.8 Å². The number of carbonyl (C=O) groups excluding carboxylic acids is 1. The van der Waals surface area contributed by atoms with Crippen LogP contribution in [0.1, 0.15) is 29.4 Å². The maximum Gasteiger partial charge on any atom is 0.254 e. The summed E-state index contributed by atoms with van der Waals surface area (Å²) in [5.74, 6) is 1.03. The molecule has 0 bridgehead atoms. The minimum atomic E-state index is -0.175. The third-order valence-corrected chi connectivity index (χ3v) is 4.50. The fraction of sp³-hybridized carbons (Fsp3) is 0.273. The lowest BCUT2D eigenvalue weighted by Gasteiger charge is -2.15. The number of nitrogens with one attached hydrogen (secondary N) is 2. The minimum Gasteiger partial charge on any atom is -0.457 e. The van der Waals surface area contributed by atoms with Gasteiger partial charge in [-0.15, -0.1) is 0 Å². The normalized spacial score (nSPS) is 10.9. The number of para-hydroxylation sites is 1. The molecule has 0 aliphatic heterocycles. The molecule has 6 heteroatoms.